The Morgan fingerprint density at radius 2 is 1.88 bits per heavy atom. The van der Waals surface area contributed by atoms with Crippen LogP contribution in [-0.4, -0.2) is 30.2 Å². The van der Waals surface area contributed by atoms with Crippen LogP contribution in [0.5, 0.6) is 0 Å². The largest absolute Gasteiger partial charge is 0.333 e. The van der Waals surface area contributed by atoms with E-state index in [1.807, 2.05) is 0 Å². The van der Waals surface area contributed by atoms with Gasteiger partial charge in [0.1, 0.15) is 4.90 Å². The van der Waals surface area contributed by atoms with Crippen molar-refractivity contribution < 1.29 is 18.1 Å². The SMILES string of the molecule is O=C(CSC1=NS(=O)(=O)c2ccccc2N1)Nc1ccc([N+](=O)[O-])cc1. The number of anilines is 2. The number of nitro benzene ring substituents is 1. The Labute approximate surface area is 152 Å². The summed E-state index contributed by atoms with van der Waals surface area (Å²) < 4.78 is 27.9. The Kier molecular flexibility index (Phi) is 4.91. The van der Waals surface area contributed by atoms with Crippen LogP contribution in [0.1, 0.15) is 0 Å². The van der Waals surface area contributed by atoms with Crippen molar-refractivity contribution in [1.82, 2.24) is 0 Å². The van der Waals surface area contributed by atoms with E-state index in [0.29, 0.717) is 11.4 Å². The van der Waals surface area contributed by atoms with E-state index in [0.717, 1.165) is 11.8 Å². The smallest absolute Gasteiger partial charge is 0.286 e. The third kappa shape index (κ3) is 4.00. The molecule has 0 aliphatic carbocycles. The second kappa shape index (κ2) is 7.14. The predicted molar refractivity (Wildman–Crippen MR) is 98.9 cm³/mol. The van der Waals surface area contributed by atoms with Crippen molar-refractivity contribution in [2.75, 3.05) is 16.4 Å². The van der Waals surface area contributed by atoms with Gasteiger partial charge in [0.05, 0.1) is 16.4 Å². The first kappa shape index (κ1) is 17.9. The van der Waals surface area contributed by atoms with E-state index in [1.54, 1.807) is 18.2 Å². The number of benzene rings is 2. The average Bonchev–Trinajstić information content (AvgIpc) is 2.60. The number of carbonyl (C=O) groups excluding carboxylic acids is 1. The molecule has 2 N–H and O–H groups in total. The lowest BCUT2D eigenvalue weighted by atomic mass is 10.3. The minimum absolute atomic E-state index is 0.0815. The first-order chi connectivity index (χ1) is 12.3. The van der Waals surface area contributed by atoms with Gasteiger partial charge < -0.3 is 10.6 Å². The third-order valence-corrected chi connectivity index (χ3v) is 5.64. The minimum Gasteiger partial charge on any atom is -0.333 e. The summed E-state index contributed by atoms with van der Waals surface area (Å²) in [5.41, 5.74) is 0.723. The number of hydrogen-bond donors (Lipinski definition) is 2. The molecule has 0 saturated carbocycles. The Morgan fingerprint density at radius 1 is 1.19 bits per heavy atom. The van der Waals surface area contributed by atoms with Crippen LogP contribution in [0, 0.1) is 10.1 Å². The molecule has 1 heterocycles. The van der Waals surface area contributed by atoms with Gasteiger partial charge >= 0.3 is 0 Å². The summed E-state index contributed by atoms with van der Waals surface area (Å²) in [6.07, 6.45) is 0. The lowest BCUT2D eigenvalue weighted by molar-refractivity contribution is -0.384. The van der Waals surface area contributed by atoms with Crippen molar-refractivity contribution in [3.8, 4) is 0 Å². The van der Waals surface area contributed by atoms with E-state index in [2.05, 4.69) is 15.0 Å². The maximum absolute atomic E-state index is 12.1. The summed E-state index contributed by atoms with van der Waals surface area (Å²) in [5.74, 6) is -0.481. The number of nitrogens with zero attached hydrogens (tertiary/aromatic N) is 2. The van der Waals surface area contributed by atoms with Crippen molar-refractivity contribution in [3.63, 3.8) is 0 Å². The van der Waals surface area contributed by atoms with Crippen LogP contribution in [0.25, 0.3) is 0 Å². The molecule has 11 heteroatoms. The van der Waals surface area contributed by atoms with Gasteiger partial charge in [-0.1, -0.05) is 23.9 Å². The van der Waals surface area contributed by atoms with Gasteiger partial charge in [-0.25, -0.2) is 0 Å². The van der Waals surface area contributed by atoms with E-state index in [1.165, 1.54) is 30.3 Å². The number of nitro groups is 1. The van der Waals surface area contributed by atoms with E-state index < -0.39 is 20.9 Å². The van der Waals surface area contributed by atoms with Crippen molar-refractivity contribution in [2.24, 2.45) is 4.40 Å². The molecule has 3 rings (SSSR count). The molecule has 0 saturated heterocycles. The highest BCUT2D eigenvalue weighted by atomic mass is 32.2. The lowest BCUT2D eigenvalue weighted by Crippen LogP contribution is -2.22. The van der Waals surface area contributed by atoms with Gasteiger partial charge in [-0.3, -0.25) is 14.9 Å². The molecule has 9 nitrogen and oxygen atoms in total. The normalized spacial score (nSPS) is 14.5. The number of amides is 1. The van der Waals surface area contributed by atoms with Gasteiger partial charge in [-0.05, 0) is 24.3 Å². The maximum Gasteiger partial charge on any atom is 0.286 e. The number of rotatable bonds is 4. The zero-order valence-electron chi connectivity index (χ0n) is 13.1. The number of sulfonamides is 1. The third-order valence-electron chi connectivity index (χ3n) is 3.31. The molecule has 0 bridgehead atoms. The fraction of sp³-hybridized carbons (Fsp3) is 0.0667. The van der Waals surface area contributed by atoms with Crippen LogP contribution in [0.2, 0.25) is 0 Å². The van der Waals surface area contributed by atoms with E-state index >= 15 is 0 Å². The van der Waals surface area contributed by atoms with Gasteiger partial charge in [0.15, 0.2) is 5.17 Å². The number of thioether (sulfide) groups is 1. The Bertz CT molecular complexity index is 1000. The number of hydrogen-bond acceptors (Lipinski definition) is 7. The molecule has 26 heavy (non-hydrogen) atoms. The molecule has 1 aliphatic rings. The fourth-order valence-electron chi connectivity index (χ4n) is 2.15. The highest BCUT2D eigenvalue weighted by Gasteiger charge is 2.24. The molecule has 0 spiro atoms. The fourth-order valence-corrected chi connectivity index (χ4v) is 4.19. The highest BCUT2D eigenvalue weighted by molar-refractivity contribution is 8.15. The van der Waals surface area contributed by atoms with Gasteiger partial charge in [0.25, 0.3) is 15.7 Å². The standard InChI is InChI=1S/C15H12N4O5S2/c20-14(16-10-5-7-11(8-6-10)19(21)22)9-25-15-17-12-3-1-2-4-13(12)26(23,24)18-15/h1-8H,9H2,(H,16,20)(H,17,18). The summed E-state index contributed by atoms with van der Waals surface area (Å²) >= 11 is 0.938. The second-order valence-electron chi connectivity index (χ2n) is 5.13. The van der Waals surface area contributed by atoms with Gasteiger partial charge in [0, 0.05) is 17.8 Å². The summed E-state index contributed by atoms with van der Waals surface area (Å²) in [7, 11) is -3.80. The van der Waals surface area contributed by atoms with E-state index in [4.69, 9.17) is 0 Å². The second-order valence-corrected chi connectivity index (χ2v) is 7.67. The molecule has 0 fully saturated rings. The molecule has 0 aromatic heterocycles. The summed E-state index contributed by atoms with van der Waals surface area (Å²) in [6.45, 7) is 0. The first-order valence-electron chi connectivity index (χ1n) is 7.23. The van der Waals surface area contributed by atoms with Crippen molar-refractivity contribution in [3.05, 3.63) is 58.6 Å². The Balaban J connectivity index is 1.62. The van der Waals surface area contributed by atoms with E-state index in [-0.39, 0.29) is 21.5 Å². The van der Waals surface area contributed by atoms with Gasteiger partial charge in [-0.15, -0.1) is 4.40 Å². The monoisotopic (exact) mass is 392 g/mol. The molecular weight excluding hydrogens is 380 g/mol. The molecule has 0 unspecified atom stereocenters. The first-order valence-corrected chi connectivity index (χ1v) is 9.66. The number of non-ortho nitro benzene ring substituents is 1. The molecule has 1 aliphatic heterocycles. The number of nitrogens with one attached hydrogen (secondary N) is 2. The highest BCUT2D eigenvalue weighted by Crippen LogP contribution is 2.29. The zero-order chi connectivity index (χ0) is 18.7. The Morgan fingerprint density at radius 3 is 2.58 bits per heavy atom. The molecule has 0 radical (unpaired) electrons. The number of para-hydroxylation sites is 1. The number of amidine groups is 1. The molecular formula is C15H12N4O5S2. The van der Waals surface area contributed by atoms with Crippen LogP contribution >= 0.6 is 11.8 Å². The molecule has 2 aromatic carbocycles. The van der Waals surface area contributed by atoms with Crippen molar-refractivity contribution in [1.29, 1.82) is 0 Å². The zero-order valence-corrected chi connectivity index (χ0v) is 14.7. The summed E-state index contributed by atoms with van der Waals surface area (Å²) in [5, 5.41) is 16.1. The van der Waals surface area contributed by atoms with Crippen LogP contribution in [0.4, 0.5) is 17.1 Å². The van der Waals surface area contributed by atoms with Gasteiger partial charge in [-0.2, -0.15) is 8.42 Å². The quantitative estimate of drug-likeness (QED) is 0.603. The van der Waals surface area contributed by atoms with Gasteiger partial charge in [0.2, 0.25) is 5.91 Å². The van der Waals surface area contributed by atoms with Crippen molar-refractivity contribution >= 4 is 49.9 Å². The molecule has 0 atom stereocenters. The maximum atomic E-state index is 12.1. The van der Waals surface area contributed by atoms with Crippen LogP contribution in [0.3, 0.4) is 0 Å². The summed E-state index contributed by atoms with van der Waals surface area (Å²) in [4.78, 5) is 22.1. The number of carbonyl (C=O) groups is 1. The minimum atomic E-state index is -3.80. The average molecular weight is 392 g/mol. The lowest BCUT2D eigenvalue weighted by Gasteiger charge is -2.17. The molecule has 2 aromatic rings. The van der Waals surface area contributed by atoms with Crippen LogP contribution in [-0.2, 0) is 14.8 Å². The topological polar surface area (TPSA) is 131 Å². The van der Waals surface area contributed by atoms with Crippen LogP contribution in [0.15, 0.2) is 57.8 Å². The van der Waals surface area contributed by atoms with E-state index in [9.17, 15) is 23.3 Å². The predicted octanol–water partition coefficient (Wildman–Crippen LogP) is 2.44. The Hall–Kier alpha value is -2.92. The number of fused-ring (bicyclic) bond motifs is 1. The molecule has 1 amide bonds. The summed E-state index contributed by atoms with van der Waals surface area (Å²) in [6, 6.07) is 11.7. The molecule has 134 valence electrons. The van der Waals surface area contributed by atoms with Crippen molar-refractivity contribution in [2.45, 2.75) is 4.90 Å². The van der Waals surface area contributed by atoms with Crippen LogP contribution < -0.4 is 10.6 Å².